The molecule has 1 N–H and O–H groups in total. The molecule has 0 fully saturated rings. The molecule has 0 aliphatic heterocycles. The summed E-state index contributed by atoms with van der Waals surface area (Å²) in [6, 6.07) is 2.35. The Hall–Kier alpha value is -0.640. The molecule has 0 aromatic heterocycles. The Morgan fingerprint density at radius 1 is 1.71 bits per heavy atom. The smallest absolute Gasteiger partial charge is 0.0229 e. The number of hydrogen-bond acceptors (Lipinski definition) is 1. The van der Waals surface area contributed by atoms with Crippen LogP contribution in [0.5, 0.6) is 0 Å². The molecule has 0 heterocycles. The van der Waals surface area contributed by atoms with Gasteiger partial charge in [-0.05, 0) is 6.42 Å². The van der Waals surface area contributed by atoms with Gasteiger partial charge in [0, 0.05) is 12.6 Å². The minimum atomic E-state index is 0.951. The van der Waals surface area contributed by atoms with Crippen LogP contribution < -0.4 is 5.32 Å². The van der Waals surface area contributed by atoms with Crippen LogP contribution in [0.3, 0.4) is 0 Å². The van der Waals surface area contributed by atoms with Crippen molar-refractivity contribution in [1.82, 2.24) is 5.32 Å². The van der Waals surface area contributed by atoms with Gasteiger partial charge in [-0.2, -0.15) is 0 Å². The summed E-state index contributed by atoms with van der Waals surface area (Å²) < 4.78 is 0. The molecule has 0 atom stereocenters. The minimum Gasteiger partial charge on any atom is -0.346 e. The standard InChI is InChI=1S/C6H11N/c1-3-5-6-7-4-2/h2,7H,3,5-6H2,1H3. The van der Waals surface area contributed by atoms with Crippen LogP contribution in [0.1, 0.15) is 19.8 Å². The normalized spacial score (nSPS) is 7.43. The zero-order valence-corrected chi connectivity index (χ0v) is 4.70. The van der Waals surface area contributed by atoms with Crippen LogP contribution in [0.4, 0.5) is 0 Å². The fourth-order valence-electron chi connectivity index (χ4n) is 0.337. The Balaban J connectivity index is 2.60. The number of nitrogens with one attached hydrogen (secondary N) is 1. The summed E-state index contributed by atoms with van der Waals surface area (Å²) in [5.74, 6) is 0. The number of rotatable bonds is 3. The van der Waals surface area contributed by atoms with E-state index in [1.54, 1.807) is 0 Å². The lowest BCUT2D eigenvalue weighted by molar-refractivity contribution is 0.748. The molecular weight excluding hydrogens is 86.1 g/mol. The summed E-state index contributed by atoms with van der Waals surface area (Å²) in [5.41, 5.74) is 0. The second-order valence-corrected chi connectivity index (χ2v) is 1.42. The predicted molar refractivity (Wildman–Crippen MR) is 31.7 cm³/mol. The molecule has 7 heavy (non-hydrogen) atoms. The van der Waals surface area contributed by atoms with Crippen LogP contribution in [-0.2, 0) is 0 Å². The van der Waals surface area contributed by atoms with Gasteiger partial charge in [-0.1, -0.05) is 19.8 Å². The Morgan fingerprint density at radius 3 is 2.86 bits per heavy atom. The van der Waals surface area contributed by atoms with E-state index < -0.39 is 0 Å². The molecule has 0 spiro atoms. The lowest BCUT2D eigenvalue weighted by atomic mass is 10.3. The number of hydrogen-bond donors (Lipinski definition) is 1. The van der Waals surface area contributed by atoms with E-state index in [-0.39, 0.29) is 0 Å². The molecule has 0 aliphatic carbocycles. The van der Waals surface area contributed by atoms with E-state index in [2.05, 4.69) is 18.3 Å². The van der Waals surface area contributed by atoms with Gasteiger partial charge >= 0.3 is 0 Å². The van der Waals surface area contributed by atoms with Crippen molar-refractivity contribution in [1.29, 1.82) is 0 Å². The summed E-state index contributed by atoms with van der Waals surface area (Å²) in [6.07, 6.45) is 7.28. The maximum Gasteiger partial charge on any atom is 0.0229 e. The number of terminal acetylenes is 1. The third-order valence-electron chi connectivity index (χ3n) is 0.757. The van der Waals surface area contributed by atoms with Crippen LogP contribution >= 0.6 is 0 Å². The highest BCUT2D eigenvalue weighted by Gasteiger charge is 1.74. The molecule has 0 saturated carbocycles. The highest BCUT2D eigenvalue weighted by atomic mass is 14.8. The molecule has 0 amide bonds. The lowest BCUT2D eigenvalue weighted by Gasteiger charge is -1.90. The highest BCUT2D eigenvalue weighted by Crippen LogP contribution is 1.79. The molecule has 40 valence electrons. The van der Waals surface area contributed by atoms with E-state index in [0.29, 0.717) is 0 Å². The number of unbranched alkanes of at least 4 members (excludes halogenated alkanes) is 1. The van der Waals surface area contributed by atoms with Crippen LogP contribution in [0.15, 0.2) is 0 Å². The Labute approximate surface area is 45.1 Å². The van der Waals surface area contributed by atoms with Gasteiger partial charge in [0.05, 0.1) is 0 Å². The van der Waals surface area contributed by atoms with Crippen molar-refractivity contribution >= 4 is 0 Å². The first-order valence-electron chi connectivity index (χ1n) is 2.60. The van der Waals surface area contributed by atoms with Gasteiger partial charge in [0.25, 0.3) is 0 Å². The lowest BCUT2D eigenvalue weighted by Crippen LogP contribution is -2.05. The van der Waals surface area contributed by atoms with Gasteiger partial charge in [0.15, 0.2) is 0 Å². The average Bonchev–Trinajstić information content (AvgIpc) is 1.69. The van der Waals surface area contributed by atoms with E-state index in [0.717, 1.165) is 6.54 Å². The zero-order chi connectivity index (χ0) is 5.54. The molecule has 0 saturated heterocycles. The molecule has 0 aromatic carbocycles. The van der Waals surface area contributed by atoms with E-state index in [9.17, 15) is 0 Å². The highest BCUT2D eigenvalue weighted by molar-refractivity contribution is 4.78. The maximum absolute atomic E-state index is 4.91. The molecule has 0 radical (unpaired) electrons. The summed E-state index contributed by atoms with van der Waals surface area (Å²) in [5, 5.41) is 2.78. The first kappa shape index (κ1) is 6.36. The molecule has 0 unspecified atom stereocenters. The third-order valence-corrected chi connectivity index (χ3v) is 0.757. The van der Waals surface area contributed by atoms with Crippen molar-refractivity contribution in [2.24, 2.45) is 0 Å². The minimum absolute atomic E-state index is 0.951. The van der Waals surface area contributed by atoms with Gasteiger partial charge in [-0.25, -0.2) is 0 Å². The Kier molecular flexibility index (Phi) is 4.87. The Morgan fingerprint density at radius 2 is 2.43 bits per heavy atom. The Bertz CT molecular complexity index is 61.1. The fourth-order valence-corrected chi connectivity index (χ4v) is 0.337. The van der Waals surface area contributed by atoms with Crippen molar-refractivity contribution in [2.45, 2.75) is 19.8 Å². The van der Waals surface area contributed by atoms with Crippen molar-refractivity contribution in [3.8, 4) is 12.5 Å². The second-order valence-electron chi connectivity index (χ2n) is 1.42. The van der Waals surface area contributed by atoms with Gasteiger partial charge in [-0.15, -0.1) is 0 Å². The molecule has 1 nitrogen and oxygen atoms in total. The first-order valence-corrected chi connectivity index (χ1v) is 2.60. The monoisotopic (exact) mass is 97.1 g/mol. The fraction of sp³-hybridized carbons (Fsp3) is 0.667. The SMILES string of the molecule is C#CNCCCC. The summed E-state index contributed by atoms with van der Waals surface area (Å²) in [7, 11) is 0. The summed E-state index contributed by atoms with van der Waals surface area (Å²) in [4.78, 5) is 0. The van der Waals surface area contributed by atoms with Crippen molar-refractivity contribution in [3.05, 3.63) is 0 Å². The van der Waals surface area contributed by atoms with Crippen LogP contribution in [0.2, 0.25) is 0 Å². The summed E-state index contributed by atoms with van der Waals surface area (Å²) >= 11 is 0. The largest absolute Gasteiger partial charge is 0.346 e. The molecule has 0 bridgehead atoms. The van der Waals surface area contributed by atoms with E-state index in [4.69, 9.17) is 6.42 Å². The average molecular weight is 97.2 g/mol. The van der Waals surface area contributed by atoms with Gasteiger partial charge < -0.3 is 5.32 Å². The maximum atomic E-state index is 4.91. The molecule has 0 aliphatic rings. The van der Waals surface area contributed by atoms with Crippen LogP contribution in [0.25, 0.3) is 0 Å². The molecule has 0 rings (SSSR count). The molecular formula is C6H11N. The quantitative estimate of drug-likeness (QED) is 0.314. The van der Waals surface area contributed by atoms with Crippen molar-refractivity contribution in [2.75, 3.05) is 6.54 Å². The van der Waals surface area contributed by atoms with Gasteiger partial charge in [0.1, 0.15) is 0 Å². The van der Waals surface area contributed by atoms with Crippen LogP contribution in [-0.4, -0.2) is 6.54 Å². The van der Waals surface area contributed by atoms with Crippen molar-refractivity contribution < 1.29 is 0 Å². The zero-order valence-electron chi connectivity index (χ0n) is 4.70. The first-order chi connectivity index (χ1) is 3.41. The van der Waals surface area contributed by atoms with Gasteiger partial charge in [-0.3, -0.25) is 0 Å². The van der Waals surface area contributed by atoms with Crippen LogP contribution in [0, 0.1) is 12.5 Å². The van der Waals surface area contributed by atoms with Gasteiger partial charge in [0.2, 0.25) is 0 Å². The predicted octanol–water partition coefficient (Wildman–Crippen LogP) is 0.967. The van der Waals surface area contributed by atoms with E-state index in [1.807, 2.05) is 0 Å². The molecule has 1 heteroatoms. The second kappa shape index (κ2) is 5.36. The summed E-state index contributed by atoms with van der Waals surface area (Å²) in [6.45, 7) is 3.09. The van der Waals surface area contributed by atoms with Crippen molar-refractivity contribution in [3.63, 3.8) is 0 Å². The topological polar surface area (TPSA) is 12.0 Å². The van der Waals surface area contributed by atoms with E-state index in [1.165, 1.54) is 12.8 Å². The molecule has 0 aromatic rings. The van der Waals surface area contributed by atoms with E-state index >= 15 is 0 Å². The third kappa shape index (κ3) is 5.36.